The van der Waals surface area contributed by atoms with Crippen molar-refractivity contribution in [2.45, 2.75) is 20.4 Å². The largest absolute Gasteiger partial charge is 0.493 e. The average Bonchev–Trinajstić information content (AvgIpc) is 2.97. The fourth-order valence-electron chi connectivity index (χ4n) is 1.88. The zero-order valence-electron chi connectivity index (χ0n) is 12.7. The standard InChI is InChI=1S/C16H21N3O2/c1-12(2)11-21-14-6-4-5-13(9-14)16(20)19(3)10-15-17-7-8-18-15/h4-9,12H,10-11H2,1-3H3,(H,17,18). The SMILES string of the molecule is CC(C)COc1cccc(C(=O)N(C)Cc2ncc[nH]2)c1. The quantitative estimate of drug-likeness (QED) is 0.888. The molecule has 112 valence electrons. The van der Waals surface area contributed by atoms with Crippen molar-refractivity contribution in [1.29, 1.82) is 0 Å². The number of hydrogen-bond donors (Lipinski definition) is 1. The maximum Gasteiger partial charge on any atom is 0.254 e. The molecule has 1 N–H and O–H groups in total. The van der Waals surface area contributed by atoms with Crippen LogP contribution in [0.1, 0.15) is 30.0 Å². The van der Waals surface area contributed by atoms with E-state index in [4.69, 9.17) is 4.74 Å². The molecule has 5 nitrogen and oxygen atoms in total. The highest BCUT2D eigenvalue weighted by Crippen LogP contribution is 2.16. The van der Waals surface area contributed by atoms with Gasteiger partial charge in [-0.05, 0) is 24.1 Å². The number of imidazole rings is 1. The van der Waals surface area contributed by atoms with Crippen LogP contribution in [0.15, 0.2) is 36.7 Å². The van der Waals surface area contributed by atoms with E-state index in [-0.39, 0.29) is 5.91 Å². The van der Waals surface area contributed by atoms with Gasteiger partial charge in [-0.1, -0.05) is 19.9 Å². The van der Waals surface area contributed by atoms with Crippen molar-refractivity contribution in [3.05, 3.63) is 48.0 Å². The minimum absolute atomic E-state index is 0.0543. The van der Waals surface area contributed by atoms with Gasteiger partial charge in [-0.3, -0.25) is 4.79 Å². The number of aromatic amines is 1. The van der Waals surface area contributed by atoms with Gasteiger partial charge < -0.3 is 14.6 Å². The summed E-state index contributed by atoms with van der Waals surface area (Å²) < 4.78 is 5.65. The molecular formula is C16H21N3O2. The summed E-state index contributed by atoms with van der Waals surface area (Å²) in [5.74, 6) is 1.88. The van der Waals surface area contributed by atoms with Gasteiger partial charge >= 0.3 is 0 Å². The van der Waals surface area contributed by atoms with Gasteiger partial charge in [-0.15, -0.1) is 0 Å². The molecule has 0 aliphatic heterocycles. The zero-order chi connectivity index (χ0) is 15.2. The van der Waals surface area contributed by atoms with E-state index in [1.165, 1.54) is 0 Å². The number of ether oxygens (including phenoxy) is 1. The Kier molecular flexibility index (Phi) is 4.98. The minimum atomic E-state index is -0.0543. The van der Waals surface area contributed by atoms with Crippen LogP contribution in [0.4, 0.5) is 0 Å². The highest BCUT2D eigenvalue weighted by atomic mass is 16.5. The fraction of sp³-hybridized carbons (Fsp3) is 0.375. The van der Waals surface area contributed by atoms with Crippen LogP contribution in [0, 0.1) is 5.92 Å². The summed E-state index contributed by atoms with van der Waals surface area (Å²) in [7, 11) is 1.76. The molecule has 1 aromatic carbocycles. The third-order valence-corrected chi connectivity index (χ3v) is 2.95. The Hall–Kier alpha value is -2.30. The van der Waals surface area contributed by atoms with Crippen molar-refractivity contribution < 1.29 is 9.53 Å². The van der Waals surface area contributed by atoms with Crippen molar-refractivity contribution >= 4 is 5.91 Å². The summed E-state index contributed by atoms with van der Waals surface area (Å²) in [6.45, 7) is 5.26. The lowest BCUT2D eigenvalue weighted by molar-refractivity contribution is 0.0781. The van der Waals surface area contributed by atoms with E-state index in [0.717, 1.165) is 11.6 Å². The van der Waals surface area contributed by atoms with E-state index >= 15 is 0 Å². The maximum atomic E-state index is 12.4. The molecule has 0 saturated heterocycles. The lowest BCUT2D eigenvalue weighted by atomic mass is 10.2. The number of amides is 1. The molecule has 0 atom stereocenters. The van der Waals surface area contributed by atoms with Gasteiger partial charge in [-0.2, -0.15) is 0 Å². The number of aromatic nitrogens is 2. The predicted octanol–water partition coefficient (Wildman–Crippen LogP) is 2.72. The average molecular weight is 287 g/mol. The van der Waals surface area contributed by atoms with Gasteiger partial charge in [0.2, 0.25) is 0 Å². The number of carbonyl (C=O) groups is 1. The predicted molar refractivity (Wildman–Crippen MR) is 81.2 cm³/mol. The number of nitrogens with one attached hydrogen (secondary N) is 1. The first-order valence-electron chi connectivity index (χ1n) is 7.03. The van der Waals surface area contributed by atoms with Crippen LogP contribution in [0.3, 0.4) is 0 Å². The molecule has 0 aliphatic carbocycles. The first kappa shape index (κ1) is 15.1. The topological polar surface area (TPSA) is 58.2 Å². The van der Waals surface area contributed by atoms with Crippen molar-refractivity contribution in [2.24, 2.45) is 5.92 Å². The van der Waals surface area contributed by atoms with Crippen LogP contribution >= 0.6 is 0 Å². The number of nitrogens with zero attached hydrogens (tertiary/aromatic N) is 2. The minimum Gasteiger partial charge on any atom is -0.493 e. The molecule has 0 aliphatic rings. The third kappa shape index (κ3) is 4.34. The van der Waals surface area contributed by atoms with Gasteiger partial charge in [0.05, 0.1) is 13.2 Å². The summed E-state index contributed by atoms with van der Waals surface area (Å²) in [6.07, 6.45) is 3.42. The maximum absolute atomic E-state index is 12.4. The van der Waals surface area contributed by atoms with Gasteiger partial charge in [0.25, 0.3) is 5.91 Å². The highest BCUT2D eigenvalue weighted by Gasteiger charge is 2.13. The summed E-state index contributed by atoms with van der Waals surface area (Å²) >= 11 is 0. The zero-order valence-corrected chi connectivity index (χ0v) is 12.7. The number of benzene rings is 1. The molecule has 1 amide bonds. The van der Waals surface area contributed by atoms with E-state index in [2.05, 4.69) is 23.8 Å². The second kappa shape index (κ2) is 6.92. The van der Waals surface area contributed by atoms with Crippen LogP contribution in [-0.2, 0) is 6.54 Å². The molecule has 0 fully saturated rings. The number of H-pyrrole nitrogens is 1. The summed E-state index contributed by atoms with van der Waals surface area (Å²) in [5, 5.41) is 0. The molecule has 0 bridgehead atoms. The summed E-state index contributed by atoms with van der Waals surface area (Å²) in [5.41, 5.74) is 0.616. The van der Waals surface area contributed by atoms with Crippen LogP contribution in [0.5, 0.6) is 5.75 Å². The number of carbonyl (C=O) groups excluding carboxylic acids is 1. The smallest absolute Gasteiger partial charge is 0.254 e. The van der Waals surface area contributed by atoms with Gasteiger partial charge in [-0.25, -0.2) is 4.98 Å². The molecule has 2 rings (SSSR count). The Morgan fingerprint density at radius 3 is 2.90 bits per heavy atom. The first-order valence-corrected chi connectivity index (χ1v) is 7.03. The Balaban J connectivity index is 2.02. The molecule has 0 spiro atoms. The Bertz CT molecular complexity index is 579. The second-order valence-corrected chi connectivity index (χ2v) is 5.43. The van der Waals surface area contributed by atoms with E-state index in [1.54, 1.807) is 36.5 Å². The van der Waals surface area contributed by atoms with Crippen molar-refractivity contribution in [3.63, 3.8) is 0 Å². The highest BCUT2D eigenvalue weighted by molar-refractivity contribution is 5.94. The number of hydrogen-bond acceptors (Lipinski definition) is 3. The summed E-state index contributed by atoms with van der Waals surface area (Å²) in [6, 6.07) is 7.28. The van der Waals surface area contributed by atoms with Crippen molar-refractivity contribution in [3.8, 4) is 5.75 Å². The third-order valence-electron chi connectivity index (χ3n) is 2.95. The van der Waals surface area contributed by atoms with E-state index in [0.29, 0.717) is 24.6 Å². The van der Waals surface area contributed by atoms with Crippen LogP contribution in [0.25, 0.3) is 0 Å². The van der Waals surface area contributed by atoms with Crippen LogP contribution in [-0.4, -0.2) is 34.4 Å². The molecule has 0 radical (unpaired) electrons. The normalized spacial score (nSPS) is 10.7. The van der Waals surface area contributed by atoms with E-state index in [9.17, 15) is 4.79 Å². The second-order valence-electron chi connectivity index (χ2n) is 5.43. The Morgan fingerprint density at radius 2 is 2.24 bits per heavy atom. The van der Waals surface area contributed by atoms with Gasteiger partial charge in [0.1, 0.15) is 11.6 Å². The molecular weight excluding hydrogens is 266 g/mol. The van der Waals surface area contributed by atoms with Crippen LogP contribution < -0.4 is 4.74 Å². The molecule has 0 unspecified atom stereocenters. The molecule has 21 heavy (non-hydrogen) atoms. The first-order chi connectivity index (χ1) is 10.1. The lowest BCUT2D eigenvalue weighted by Crippen LogP contribution is -2.26. The van der Waals surface area contributed by atoms with E-state index < -0.39 is 0 Å². The fourth-order valence-corrected chi connectivity index (χ4v) is 1.88. The Morgan fingerprint density at radius 1 is 1.43 bits per heavy atom. The number of rotatable bonds is 6. The van der Waals surface area contributed by atoms with Crippen molar-refractivity contribution in [1.82, 2.24) is 14.9 Å². The lowest BCUT2D eigenvalue weighted by Gasteiger charge is -2.16. The van der Waals surface area contributed by atoms with E-state index in [1.807, 2.05) is 12.1 Å². The monoisotopic (exact) mass is 287 g/mol. The molecule has 0 saturated carbocycles. The molecule has 1 aromatic heterocycles. The van der Waals surface area contributed by atoms with Gasteiger partial charge in [0.15, 0.2) is 0 Å². The molecule has 2 aromatic rings. The molecule has 5 heteroatoms. The summed E-state index contributed by atoms with van der Waals surface area (Å²) in [4.78, 5) is 21.1. The van der Waals surface area contributed by atoms with Gasteiger partial charge in [0, 0.05) is 25.0 Å². The van der Waals surface area contributed by atoms with Crippen molar-refractivity contribution in [2.75, 3.05) is 13.7 Å². The molecule has 1 heterocycles. The van der Waals surface area contributed by atoms with Crippen LogP contribution in [0.2, 0.25) is 0 Å². The Labute approximate surface area is 125 Å².